The fraction of sp³-hybridized carbons (Fsp3) is 0.526. The number of hydrogen-bond acceptors (Lipinski definition) is 9. The maximum atomic E-state index is 14.1. The lowest BCUT2D eigenvalue weighted by Crippen LogP contribution is -2.52. The van der Waals surface area contributed by atoms with Gasteiger partial charge in [0, 0.05) is 13.1 Å². The van der Waals surface area contributed by atoms with Gasteiger partial charge in [-0.05, 0) is 118 Å². The number of carbonyl (C=O) groups is 4. The molecule has 3 atom stereocenters. The van der Waals surface area contributed by atoms with Crippen molar-refractivity contribution in [1.29, 1.82) is 0 Å². The average Bonchev–Trinajstić information content (AvgIpc) is 4.17. The van der Waals surface area contributed by atoms with Crippen molar-refractivity contribution in [2.24, 2.45) is 28.1 Å². The summed E-state index contributed by atoms with van der Waals surface area (Å²) in [4.78, 5) is 86.5. The number of aromatic nitrogens is 4. The monoisotopic (exact) mass is 983 g/mol. The minimum atomic E-state index is -0.821. The van der Waals surface area contributed by atoms with Crippen molar-refractivity contribution < 1.29 is 28.7 Å². The molecule has 4 amide bonds. The summed E-state index contributed by atoms with van der Waals surface area (Å²) in [5.74, 6) is 0.320. The van der Waals surface area contributed by atoms with Crippen molar-refractivity contribution in [1.82, 2.24) is 40.4 Å². The number of methoxy groups -OCH3 is 2. The molecule has 0 bridgehead atoms. The van der Waals surface area contributed by atoms with Crippen molar-refractivity contribution in [2.75, 3.05) is 27.3 Å². The molecule has 2 fully saturated rings. The summed E-state index contributed by atoms with van der Waals surface area (Å²) in [5, 5.41) is 5.93. The van der Waals surface area contributed by atoms with Gasteiger partial charge in [-0.25, -0.2) is 19.6 Å². The van der Waals surface area contributed by atoms with Crippen LogP contribution in [0.4, 0.5) is 9.59 Å². The van der Waals surface area contributed by atoms with Crippen molar-refractivity contribution in [3.8, 4) is 33.5 Å². The molecule has 0 radical (unpaired) electrons. The lowest BCUT2D eigenvalue weighted by molar-refractivity contribution is -0.137. The molecule has 15 nitrogen and oxygen atoms in total. The second-order valence-corrected chi connectivity index (χ2v) is 23.0. The van der Waals surface area contributed by atoms with Gasteiger partial charge in [-0.1, -0.05) is 118 Å². The van der Waals surface area contributed by atoms with E-state index in [4.69, 9.17) is 19.4 Å². The van der Waals surface area contributed by atoms with Gasteiger partial charge in [-0.2, -0.15) is 0 Å². The minimum Gasteiger partial charge on any atom is -0.453 e. The number of hydrogen-bond donors (Lipinski definition) is 4. The predicted molar refractivity (Wildman–Crippen MR) is 280 cm³/mol. The number of aromatic amines is 2. The number of nitrogens with zero attached hydrogens (tertiary/aromatic N) is 4. The van der Waals surface area contributed by atoms with Crippen LogP contribution in [-0.2, 0) is 38.4 Å². The fourth-order valence-corrected chi connectivity index (χ4v) is 11.4. The summed E-state index contributed by atoms with van der Waals surface area (Å²) in [5.41, 5.74) is 9.10. The predicted octanol–water partition coefficient (Wildman–Crippen LogP) is 10.1. The number of nitrogens with one attached hydrogen (secondary N) is 4. The largest absolute Gasteiger partial charge is 0.453 e. The van der Waals surface area contributed by atoms with Crippen LogP contribution in [0.3, 0.4) is 0 Å². The van der Waals surface area contributed by atoms with Crippen LogP contribution in [0.5, 0.6) is 0 Å². The molecular weight excluding hydrogens is 909 g/mol. The van der Waals surface area contributed by atoms with Gasteiger partial charge in [0.15, 0.2) is 0 Å². The molecule has 72 heavy (non-hydrogen) atoms. The highest BCUT2D eigenvalue weighted by molar-refractivity contribution is 5.89. The highest BCUT2D eigenvalue weighted by Crippen LogP contribution is 2.53. The zero-order valence-electron chi connectivity index (χ0n) is 44.1. The zero-order chi connectivity index (χ0) is 51.9. The van der Waals surface area contributed by atoms with E-state index in [9.17, 15) is 24.0 Å². The van der Waals surface area contributed by atoms with Crippen LogP contribution in [0.2, 0.25) is 0 Å². The van der Waals surface area contributed by atoms with E-state index in [0.717, 1.165) is 53.6 Å². The second kappa shape index (κ2) is 20.5. The molecule has 4 N–H and O–H groups in total. The van der Waals surface area contributed by atoms with E-state index in [1.807, 2.05) is 50.9 Å². The Morgan fingerprint density at radius 3 is 2.01 bits per heavy atom. The Bertz CT molecular complexity index is 2890. The summed E-state index contributed by atoms with van der Waals surface area (Å²) >= 11 is 0. The normalized spacial score (nSPS) is 17.8. The fourth-order valence-electron chi connectivity index (χ4n) is 11.4. The van der Waals surface area contributed by atoms with E-state index in [0.29, 0.717) is 35.6 Å². The van der Waals surface area contributed by atoms with Gasteiger partial charge in [0.2, 0.25) is 11.8 Å². The first-order chi connectivity index (χ1) is 34.1. The van der Waals surface area contributed by atoms with Crippen LogP contribution in [0.1, 0.15) is 130 Å². The van der Waals surface area contributed by atoms with Gasteiger partial charge in [0.05, 0.1) is 49.6 Å². The van der Waals surface area contributed by atoms with Crippen LogP contribution >= 0.6 is 0 Å². The van der Waals surface area contributed by atoms with Crippen molar-refractivity contribution in [2.45, 2.75) is 138 Å². The molecule has 2 aromatic heterocycles. The number of ether oxygens (including phenoxy) is 2. The third-order valence-corrected chi connectivity index (χ3v) is 15.7. The Morgan fingerprint density at radius 2 is 1.42 bits per heavy atom. The summed E-state index contributed by atoms with van der Waals surface area (Å²) in [7, 11) is 2.57. The molecule has 1 saturated carbocycles. The van der Waals surface area contributed by atoms with Gasteiger partial charge in [-0.15, -0.1) is 0 Å². The number of amides is 4. The quantitative estimate of drug-likeness (QED) is 0.0790. The molecule has 3 unspecified atom stereocenters. The molecule has 3 heterocycles. The van der Waals surface area contributed by atoms with Crippen LogP contribution in [-0.4, -0.2) is 93.1 Å². The number of rotatable bonds is 15. The van der Waals surface area contributed by atoms with Gasteiger partial charge < -0.3 is 39.9 Å². The summed E-state index contributed by atoms with van der Waals surface area (Å²) in [6, 6.07) is 17.2. The Kier molecular flexibility index (Phi) is 14.8. The van der Waals surface area contributed by atoms with E-state index in [1.165, 1.54) is 56.6 Å². The third kappa shape index (κ3) is 10.8. The number of benzene rings is 3. The first-order valence-corrected chi connectivity index (χ1v) is 25.8. The van der Waals surface area contributed by atoms with E-state index in [-0.39, 0.29) is 58.0 Å². The molecule has 15 heteroatoms. The topological polar surface area (TPSA) is 192 Å². The summed E-state index contributed by atoms with van der Waals surface area (Å²) in [6.07, 6.45) is 8.90. The SMILES string of the molecule is CCC(C)(C)CN(Cc1nc2ccc(-c3ccc(-c4ccc(-c5cnc(C6CC(C)(C)CN6C(=O)C(NC(=O)OC)C(C)C)[nH]5)cc4)c4c3CC3(CCCC3)C4)cc2c(=O)[nH]1)C(=O)C(NC(=O)OC)C(C)C. The van der Waals surface area contributed by atoms with E-state index in [2.05, 4.69) is 97.7 Å². The second-order valence-electron chi connectivity index (χ2n) is 23.0. The highest BCUT2D eigenvalue weighted by atomic mass is 16.5. The first-order valence-electron chi connectivity index (χ1n) is 25.8. The zero-order valence-corrected chi connectivity index (χ0v) is 44.1. The Hall–Kier alpha value is -6.51. The average molecular weight is 983 g/mol. The van der Waals surface area contributed by atoms with Gasteiger partial charge >= 0.3 is 12.2 Å². The van der Waals surface area contributed by atoms with E-state index in [1.54, 1.807) is 4.90 Å². The molecule has 1 spiro atoms. The number of likely N-dealkylation sites (tertiary alicyclic amines) is 1. The standard InChI is InChI=1S/C57H74N8O7/c1-12-55(6,7)31-64(51(67)47(33(2)3)62-53(69)71-10)30-46-59-43-22-19-37(25-40(43)50(66)61-46)39-21-20-38(41-26-57(27-42(39)41)23-13-14-24-57)35-15-17-36(18-16-35)44-29-58-49(60-44)45-28-56(8,9)32-65(45)52(68)48(34(4)5)63-54(70)72-11/h15-22,25,29,33-34,45,47-48H,12-14,23-24,26-28,30-32H2,1-11H3,(H,58,60)(H,62,69)(H,63,70)(H,59,61,66). The van der Waals surface area contributed by atoms with Crippen LogP contribution < -0.4 is 16.2 Å². The van der Waals surface area contributed by atoms with E-state index < -0.39 is 24.3 Å². The van der Waals surface area contributed by atoms with Crippen molar-refractivity contribution in [3.63, 3.8) is 0 Å². The Morgan fingerprint density at radius 1 is 0.833 bits per heavy atom. The minimum absolute atomic E-state index is 0.0694. The van der Waals surface area contributed by atoms with Crippen LogP contribution in [0.15, 0.2) is 65.6 Å². The Labute approximate surface area is 423 Å². The highest BCUT2D eigenvalue weighted by Gasteiger charge is 2.45. The molecule has 2 aliphatic carbocycles. The van der Waals surface area contributed by atoms with Gasteiger partial charge in [0.1, 0.15) is 23.7 Å². The molecule has 384 valence electrons. The van der Waals surface area contributed by atoms with Gasteiger partial charge in [0.25, 0.3) is 5.56 Å². The van der Waals surface area contributed by atoms with Crippen molar-refractivity contribution in [3.05, 3.63) is 93.9 Å². The molecule has 1 aliphatic heterocycles. The lowest BCUT2D eigenvalue weighted by atomic mass is 9.82. The van der Waals surface area contributed by atoms with Crippen LogP contribution in [0.25, 0.3) is 44.4 Å². The van der Waals surface area contributed by atoms with Gasteiger partial charge in [-0.3, -0.25) is 14.4 Å². The number of fused-ring (bicyclic) bond motifs is 2. The van der Waals surface area contributed by atoms with E-state index >= 15 is 0 Å². The number of H-pyrrole nitrogens is 2. The number of alkyl carbamates (subject to hydrolysis) is 2. The number of carbonyl (C=O) groups excluding carboxylic acids is 4. The molecule has 3 aliphatic rings. The molecule has 1 saturated heterocycles. The molecule has 3 aromatic carbocycles. The van der Waals surface area contributed by atoms with Crippen molar-refractivity contribution >= 4 is 34.9 Å². The number of imidazole rings is 1. The third-order valence-electron chi connectivity index (χ3n) is 15.7. The molecule has 8 rings (SSSR count). The summed E-state index contributed by atoms with van der Waals surface area (Å²) in [6.45, 7) is 19.1. The lowest BCUT2D eigenvalue weighted by Gasteiger charge is -2.35. The Balaban J connectivity index is 1.06. The maximum absolute atomic E-state index is 14.1. The summed E-state index contributed by atoms with van der Waals surface area (Å²) < 4.78 is 9.68. The first kappa shape index (κ1) is 51.8. The maximum Gasteiger partial charge on any atom is 0.407 e. The molecule has 5 aromatic rings. The van der Waals surface area contributed by atoms with Crippen LogP contribution in [0, 0.1) is 28.1 Å². The molecular formula is C57H74N8O7. The smallest absolute Gasteiger partial charge is 0.407 e.